The lowest BCUT2D eigenvalue weighted by molar-refractivity contribution is -0.0278. The second-order valence-corrected chi connectivity index (χ2v) is 7.07. The van der Waals surface area contributed by atoms with Crippen LogP contribution < -0.4 is 16.4 Å². The Balaban J connectivity index is 1.60. The van der Waals surface area contributed by atoms with Crippen LogP contribution in [0.25, 0.3) is 5.65 Å². The highest BCUT2D eigenvalue weighted by molar-refractivity contribution is 6.34. The van der Waals surface area contributed by atoms with E-state index in [9.17, 15) is 13.6 Å². The molecule has 1 amide bonds. The average molecular weight is 419 g/mol. The van der Waals surface area contributed by atoms with Gasteiger partial charge in [-0.1, -0.05) is 35.9 Å². The molecule has 2 aromatic heterocycles. The van der Waals surface area contributed by atoms with Crippen LogP contribution in [0.4, 0.5) is 20.3 Å². The summed E-state index contributed by atoms with van der Waals surface area (Å²) in [6.07, 6.45) is 5.54. The van der Waals surface area contributed by atoms with Crippen LogP contribution in [0.2, 0.25) is 5.02 Å². The fourth-order valence-corrected chi connectivity index (χ4v) is 3.24. The van der Waals surface area contributed by atoms with Gasteiger partial charge < -0.3 is 16.4 Å². The lowest BCUT2D eigenvalue weighted by Gasteiger charge is -2.32. The Morgan fingerprint density at radius 3 is 2.90 bits per heavy atom. The largest absolute Gasteiger partial charge is 0.362 e. The molecule has 0 unspecified atom stereocenters. The van der Waals surface area contributed by atoms with Crippen molar-refractivity contribution in [1.29, 1.82) is 0 Å². The smallest absolute Gasteiger partial charge is 0.268 e. The Morgan fingerprint density at radius 1 is 1.31 bits per heavy atom. The molecule has 1 aliphatic rings. The van der Waals surface area contributed by atoms with Gasteiger partial charge in [-0.2, -0.15) is 5.10 Å². The number of para-hydroxylation sites is 1. The van der Waals surface area contributed by atoms with Gasteiger partial charge in [-0.15, -0.1) is 0 Å². The maximum Gasteiger partial charge on any atom is 0.268 e. The Bertz CT molecular complexity index is 1100. The van der Waals surface area contributed by atoms with Crippen molar-refractivity contribution >= 4 is 34.7 Å². The van der Waals surface area contributed by atoms with Crippen LogP contribution in [0, 0.1) is 0 Å². The number of aromatic nitrogens is 3. The lowest BCUT2D eigenvalue weighted by Crippen LogP contribution is -2.53. The molecule has 150 valence electrons. The highest BCUT2D eigenvalue weighted by atomic mass is 35.5. The zero-order valence-electron chi connectivity index (χ0n) is 15.0. The summed E-state index contributed by atoms with van der Waals surface area (Å²) >= 11 is 6.08. The van der Waals surface area contributed by atoms with E-state index in [1.807, 2.05) is 0 Å². The fourth-order valence-electron chi connectivity index (χ4n) is 3.06. The van der Waals surface area contributed by atoms with Gasteiger partial charge in [-0.05, 0) is 18.2 Å². The first-order chi connectivity index (χ1) is 13.8. The van der Waals surface area contributed by atoms with Crippen molar-refractivity contribution in [3.63, 3.8) is 0 Å². The summed E-state index contributed by atoms with van der Waals surface area (Å²) in [7, 11) is 0. The number of hydrogen-bond donors (Lipinski definition) is 3. The molecule has 1 aliphatic carbocycles. The van der Waals surface area contributed by atoms with E-state index in [1.165, 1.54) is 16.8 Å². The van der Waals surface area contributed by atoms with Crippen LogP contribution in [0.5, 0.6) is 0 Å². The van der Waals surface area contributed by atoms with Crippen LogP contribution in [0.3, 0.4) is 0 Å². The maximum absolute atomic E-state index is 13.8. The molecule has 0 saturated heterocycles. The SMILES string of the molecule is N[C@@H]1[C@H](Nc2ccn3ncc(C(=O)Nc4ccccc4Cl)c3n2)C=CCC1(F)F. The molecule has 0 saturated carbocycles. The third-order valence-electron chi connectivity index (χ3n) is 4.66. The molecular formula is C19H17ClF2N6O. The molecule has 4 rings (SSSR count). The molecule has 2 heterocycles. The minimum atomic E-state index is -3.01. The molecule has 0 aliphatic heterocycles. The van der Waals surface area contributed by atoms with E-state index in [0.29, 0.717) is 16.5 Å². The van der Waals surface area contributed by atoms with E-state index < -0.39 is 30.3 Å². The van der Waals surface area contributed by atoms with Gasteiger partial charge >= 0.3 is 0 Å². The first kappa shape index (κ1) is 19.3. The van der Waals surface area contributed by atoms with Crippen molar-refractivity contribution in [3.8, 4) is 0 Å². The molecule has 1 aromatic carbocycles. The maximum atomic E-state index is 13.8. The predicted octanol–water partition coefficient (Wildman–Crippen LogP) is 3.34. The summed E-state index contributed by atoms with van der Waals surface area (Å²) in [6.45, 7) is 0. The van der Waals surface area contributed by atoms with Crippen molar-refractivity contribution in [2.24, 2.45) is 5.73 Å². The minimum absolute atomic E-state index is 0.211. The number of amides is 1. The zero-order valence-corrected chi connectivity index (χ0v) is 15.8. The Labute approximate surface area is 169 Å². The van der Waals surface area contributed by atoms with E-state index in [2.05, 4.69) is 20.7 Å². The van der Waals surface area contributed by atoms with Gasteiger partial charge in [-0.25, -0.2) is 18.3 Å². The number of halogens is 3. The van der Waals surface area contributed by atoms with Gasteiger partial charge in [0.2, 0.25) is 0 Å². The molecule has 0 spiro atoms. The molecule has 10 heteroatoms. The Morgan fingerprint density at radius 2 is 2.10 bits per heavy atom. The number of hydrogen-bond acceptors (Lipinski definition) is 5. The third kappa shape index (κ3) is 3.79. The molecule has 0 radical (unpaired) electrons. The minimum Gasteiger partial charge on any atom is -0.362 e. The molecule has 4 N–H and O–H groups in total. The van der Waals surface area contributed by atoms with Gasteiger partial charge in [-0.3, -0.25) is 4.79 Å². The lowest BCUT2D eigenvalue weighted by atomic mass is 9.93. The predicted molar refractivity (Wildman–Crippen MR) is 106 cm³/mol. The summed E-state index contributed by atoms with van der Waals surface area (Å²) in [4.78, 5) is 17.0. The van der Waals surface area contributed by atoms with Gasteiger partial charge in [0.15, 0.2) is 5.65 Å². The first-order valence-corrected chi connectivity index (χ1v) is 9.20. The standard InChI is InChI=1S/C19H17ClF2N6O/c20-12-4-1-2-5-13(12)26-18(29)11-10-24-28-9-7-15(27-17(11)28)25-14-6-3-8-19(21,22)16(14)23/h1-7,9-10,14,16H,8,23H2,(H,25,27)(H,26,29)/t14-,16-/m1/s1. The summed E-state index contributed by atoms with van der Waals surface area (Å²) in [5.41, 5.74) is 6.62. The van der Waals surface area contributed by atoms with Crippen LogP contribution >= 0.6 is 11.6 Å². The normalized spacial score (nSPS) is 20.6. The molecule has 0 fully saturated rings. The molecular weight excluding hydrogens is 402 g/mol. The van der Waals surface area contributed by atoms with E-state index in [-0.39, 0.29) is 11.2 Å². The van der Waals surface area contributed by atoms with Gasteiger partial charge in [0.05, 0.1) is 29.0 Å². The highest BCUT2D eigenvalue weighted by Crippen LogP contribution is 2.30. The summed E-state index contributed by atoms with van der Waals surface area (Å²) in [6, 6.07) is 6.21. The fraction of sp³-hybridized carbons (Fsp3) is 0.211. The van der Waals surface area contributed by atoms with Crippen LogP contribution in [-0.4, -0.2) is 38.5 Å². The monoisotopic (exact) mass is 418 g/mol. The molecule has 2 atom stereocenters. The van der Waals surface area contributed by atoms with Crippen molar-refractivity contribution in [2.75, 3.05) is 10.6 Å². The Kier molecular flexibility index (Phi) is 4.93. The number of nitrogens with one attached hydrogen (secondary N) is 2. The van der Waals surface area contributed by atoms with Crippen LogP contribution in [0.1, 0.15) is 16.8 Å². The van der Waals surface area contributed by atoms with Crippen molar-refractivity contribution in [1.82, 2.24) is 14.6 Å². The summed E-state index contributed by atoms with van der Waals surface area (Å²) < 4.78 is 29.1. The van der Waals surface area contributed by atoms with Gasteiger partial charge in [0.25, 0.3) is 11.8 Å². The number of carbonyl (C=O) groups is 1. The zero-order chi connectivity index (χ0) is 20.6. The molecule has 29 heavy (non-hydrogen) atoms. The number of nitrogens with zero attached hydrogens (tertiary/aromatic N) is 3. The van der Waals surface area contributed by atoms with Gasteiger partial charge in [0.1, 0.15) is 11.4 Å². The van der Waals surface area contributed by atoms with Crippen molar-refractivity contribution < 1.29 is 13.6 Å². The number of fused-ring (bicyclic) bond motifs is 1. The topological polar surface area (TPSA) is 97.3 Å². The van der Waals surface area contributed by atoms with E-state index in [0.717, 1.165) is 0 Å². The van der Waals surface area contributed by atoms with E-state index in [4.69, 9.17) is 17.3 Å². The number of benzene rings is 1. The number of alkyl halides is 2. The van der Waals surface area contributed by atoms with E-state index in [1.54, 1.807) is 42.6 Å². The number of rotatable bonds is 4. The second-order valence-electron chi connectivity index (χ2n) is 6.66. The van der Waals surface area contributed by atoms with Crippen molar-refractivity contribution in [2.45, 2.75) is 24.4 Å². The first-order valence-electron chi connectivity index (χ1n) is 8.82. The van der Waals surface area contributed by atoms with Crippen molar-refractivity contribution in [3.05, 3.63) is 65.5 Å². The van der Waals surface area contributed by atoms with Crippen LogP contribution in [0.15, 0.2) is 54.9 Å². The summed E-state index contributed by atoms with van der Waals surface area (Å²) in [5, 5.41) is 10.1. The summed E-state index contributed by atoms with van der Waals surface area (Å²) in [5.74, 6) is -3.15. The molecule has 3 aromatic rings. The quantitative estimate of drug-likeness (QED) is 0.564. The number of anilines is 2. The van der Waals surface area contributed by atoms with Crippen LogP contribution in [-0.2, 0) is 0 Å². The van der Waals surface area contributed by atoms with E-state index >= 15 is 0 Å². The second kappa shape index (κ2) is 7.41. The van der Waals surface area contributed by atoms with Gasteiger partial charge in [0, 0.05) is 12.6 Å². The Hall–Kier alpha value is -3.04. The molecule has 0 bridgehead atoms. The number of allylic oxidation sites excluding steroid dienone is 1. The highest BCUT2D eigenvalue weighted by Gasteiger charge is 2.42. The molecule has 7 nitrogen and oxygen atoms in total. The number of carbonyl (C=O) groups excluding carboxylic acids is 1. The number of nitrogens with two attached hydrogens (primary N) is 1. The average Bonchev–Trinajstić information content (AvgIpc) is 3.11. The third-order valence-corrected chi connectivity index (χ3v) is 4.99.